The number of aromatic amines is 1. The highest BCUT2D eigenvalue weighted by atomic mass is 16.2. The lowest BCUT2D eigenvalue weighted by molar-refractivity contribution is -0.107. The maximum absolute atomic E-state index is 9.81. The van der Waals surface area contributed by atoms with Crippen molar-refractivity contribution >= 4 is 6.29 Å². The van der Waals surface area contributed by atoms with E-state index in [1.807, 2.05) is 0 Å². The molecule has 0 bridgehead atoms. The van der Waals surface area contributed by atoms with Gasteiger partial charge in [-0.1, -0.05) is 0 Å². The van der Waals surface area contributed by atoms with Crippen LogP contribution in [-0.4, -0.2) is 22.9 Å². The van der Waals surface area contributed by atoms with Crippen LogP contribution in [0.1, 0.15) is 12.7 Å². The lowest BCUT2D eigenvalue weighted by Gasteiger charge is -1.79. The number of aromatic nitrogens is 2. The first-order valence-electron chi connectivity index (χ1n) is 3.35. The summed E-state index contributed by atoms with van der Waals surface area (Å²) in [5.41, 5.74) is 0. The minimum Gasteiger partial charge on any atom is -0.348 e. The molecule has 1 rings (SSSR count). The van der Waals surface area contributed by atoms with E-state index in [4.69, 9.17) is 5.11 Å². The van der Waals surface area contributed by atoms with Crippen LogP contribution in [0.3, 0.4) is 0 Å². The Hall–Kier alpha value is -1.16. The van der Waals surface area contributed by atoms with Crippen LogP contribution in [0.15, 0.2) is 12.4 Å². The minimum absolute atomic E-state index is 0. The number of nitrogens with zero attached hydrogens (tertiary/aromatic N) is 1. The fraction of sp³-hybridized carbons (Fsp3) is 0.429. The Morgan fingerprint density at radius 2 is 2.36 bits per heavy atom. The lowest BCUT2D eigenvalue weighted by Crippen LogP contribution is -1.86. The van der Waals surface area contributed by atoms with Crippen molar-refractivity contribution in [2.45, 2.75) is 13.3 Å². The highest BCUT2D eigenvalue weighted by molar-refractivity contribution is 5.52. The lowest BCUT2D eigenvalue weighted by atomic mass is 10.5. The number of aldehydes is 1. The quantitative estimate of drug-likeness (QED) is 0.635. The molecule has 1 N–H and O–H groups in total. The number of rotatable bonds is 2. The van der Waals surface area contributed by atoms with Gasteiger partial charge < -0.3 is 9.78 Å². The first kappa shape index (κ1) is 9.84. The Bertz CT molecular complexity index is 173. The van der Waals surface area contributed by atoms with Crippen molar-refractivity contribution in [3.8, 4) is 0 Å². The van der Waals surface area contributed by atoms with Gasteiger partial charge in [-0.2, -0.15) is 0 Å². The van der Waals surface area contributed by atoms with Gasteiger partial charge in [0.1, 0.15) is 12.1 Å². The number of hydrogen-bond donors (Lipinski definition) is 1. The molecule has 11 heavy (non-hydrogen) atoms. The van der Waals surface area contributed by atoms with E-state index in [9.17, 15) is 4.79 Å². The second-order valence-corrected chi connectivity index (χ2v) is 1.70. The zero-order valence-corrected chi connectivity index (χ0v) is 6.41. The van der Waals surface area contributed by atoms with Gasteiger partial charge in [-0.25, -0.2) is 10.1 Å². The minimum atomic E-state index is 0. The Balaban J connectivity index is 0.000000292. The van der Waals surface area contributed by atoms with Crippen molar-refractivity contribution in [3.63, 3.8) is 0 Å². The van der Waals surface area contributed by atoms with Gasteiger partial charge in [0, 0.05) is 12.4 Å². The summed E-state index contributed by atoms with van der Waals surface area (Å²) in [4.78, 5) is 16.4. The monoisotopic (exact) mass is 155 g/mol. The van der Waals surface area contributed by atoms with Gasteiger partial charge in [-0.3, -0.25) is 0 Å². The topological polar surface area (TPSA) is 65.7 Å². The molecule has 0 aliphatic carbocycles. The van der Waals surface area contributed by atoms with Crippen LogP contribution in [-0.2, 0) is 16.3 Å². The normalized spacial score (nSPS) is 8.18. The largest absolute Gasteiger partial charge is 0.348 e. The molecule has 1 radical (unpaired) electrons. The van der Waals surface area contributed by atoms with Crippen LogP contribution in [0.5, 0.6) is 0 Å². The van der Waals surface area contributed by atoms with Crippen LogP contribution >= 0.6 is 0 Å². The number of carbonyl (C=O) groups is 1. The van der Waals surface area contributed by atoms with Crippen molar-refractivity contribution in [3.05, 3.63) is 18.2 Å². The zero-order chi connectivity index (χ0) is 8.53. The second kappa shape index (κ2) is 6.95. The van der Waals surface area contributed by atoms with Gasteiger partial charge >= 0.3 is 0 Å². The molecule has 1 aromatic rings. The fourth-order valence-electron chi connectivity index (χ4n) is 0.489. The Morgan fingerprint density at radius 3 is 2.73 bits per heavy atom. The van der Waals surface area contributed by atoms with Crippen LogP contribution in [0.25, 0.3) is 0 Å². The Kier molecular flexibility index (Phi) is 6.22. The number of imidazole rings is 1. The third-order valence-electron chi connectivity index (χ3n) is 0.832. The average Bonchev–Trinajstić information content (AvgIpc) is 2.42. The number of carbonyl (C=O) groups excluding carboxylic acids is 1. The van der Waals surface area contributed by atoms with E-state index in [0.29, 0.717) is 6.42 Å². The van der Waals surface area contributed by atoms with E-state index < -0.39 is 0 Å². The molecule has 0 unspecified atom stereocenters. The molecule has 61 valence electrons. The first-order chi connectivity index (χ1) is 5.35. The summed E-state index contributed by atoms with van der Waals surface area (Å²) in [6, 6.07) is 0. The molecular weight excluding hydrogens is 144 g/mol. The molecule has 1 aromatic heterocycles. The highest BCUT2D eigenvalue weighted by Gasteiger charge is 1.87. The van der Waals surface area contributed by atoms with E-state index in [0.717, 1.165) is 12.1 Å². The third kappa shape index (κ3) is 5.29. The molecule has 0 spiro atoms. The van der Waals surface area contributed by atoms with Crippen molar-refractivity contribution in [1.29, 1.82) is 0 Å². The Morgan fingerprint density at radius 1 is 1.73 bits per heavy atom. The van der Waals surface area contributed by atoms with Crippen LogP contribution < -0.4 is 0 Å². The third-order valence-corrected chi connectivity index (χ3v) is 0.832. The summed E-state index contributed by atoms with van der Waals surface area (Å²) < 4.78 is 0. The molecule has 1 heterocycles. The predicted molar refractivity (Wildman–Crippen MR) is 39.6 cm³/mol. The summed E-state index contributed by atoms with van der Waals surface area (Å²) in [6.07, 6.45) is 4.52. The molecule has 0 aliphatic rings. The van der Waals surface area contributed by atoms with Crippen molar-refractivity contribution in [2.75, 3.05) is 6.61 Å². The molecule has 0 aromatic carbocycles. The maximum Gasteiger partial charge on any atom is 0.127 e. The van der Waals surface area contributed by atoms with E-state index in [1.54, 1.807) is 19.3 Å². The van der Waals surface area contributed by atoms with Crippen LogP contribution in [0.4, 0.5) is 0 Å². The molecule has 0 fully saturated rings. The summed E-state index contributed by atoms with van der Waals surface area (Å²) in [6.45, 7) is 1.57. The SMILES string of the molecule is CC[O].O=CCc1ncc[nH]1. The molecule has 0 aliphatic heterocycles. The Labute approximate surface area is 65.3 Å². The van der Waals surface area contributed by atoms with E-state index in [1.165, 1.54) is 0 Å². The molecular formula is C7H11N2O2. The van der Waals surface area contributed by atoms with Gasteiger partial charge in [0.25, 0.3) is 0 Å². The van der Waals surface area contributed by atoms with E-state index in [2.05, 4.69) is 9.97 Å². The van der Waals surface area contributed by atoms with Crippen molar-refractivity contribution in [1.82, 2.24) is 9.97 Å². The zero-order valence-electron chi connectivity index (χ0n) is 6.41. The maximum atomic E-state index is 9.81. The standard InChI is InChI=1S/C5H6N2O.C2H5O/c8-4-1-5-6-2-3-7-5;1-2-3/h2-4H,1H2,(H,6,7);2H2,1H3. The number of hydrogen-bond acceptors (Lipinski definition) is 2. The summed E-state index contributed by atoms with van der Waals surface area (Å²) in [7, 11) is 0. The molecule has 0 saturated carbocycles. The molecule has 0 amide bonds. The van der Waals surface area contributed by atoms with Gasteiger partial charge in [0.15, 0.2) is 0 Å². The summed E-state index contributed by atoms with van der Waals surface area (Å²) in [5, 5.41) is 8.93. The van der Waals surface area contributed by atoms with Gasteiger partial charge in [-0.15, -0.1) is 0 Å². The fourth-order valence-corrected chi connectivity index (χ4v) is 0.489. The second-order valence-electron chi connectivity index (χ2n) is 1.70. The molecule has 0 atom stereocenters. The van der Waals surface area contributed by atoms with Gasteiger partial charge in [0.05, 0.1) is 13.0 Å². The van der Waals surface area contributed by atoms with Gasteiger partial charge in [-0.05, 0) is 6.92 Å². The van der Waals surface area contributed by atoms with Crippen LogP contribution in [0, 0.1) is 0 Å². The number of nitrogens with one attached hydrogen (secondary N) is 1. The van der Waals surface area contributed by atoms with E-state index >= 15 is 0 Å². The van der Waals surface area contributed by atoms with Gasteiger partial charge in [0.2, 0.25) is 0 Å². The summed E-state index contributed by atoms with van der Waals surface area (Å²) >= 11 is 0. The molecule has 4 nitrogen and oxygen atoms in total. The smallest absolute Gasteiger partial charge is 0.127 e. The average molecular weight is 155 g/mol. The van der Waals surface area contributed by atoms with E-state index in [-0.39, 0.29) is 6.61 Å². The highest BCUT2D eigenvalue weighted by Crippen LogP contribution is 1.84. The first-order valence-corrected chi connectivity index (χ1v) is 3.35. The predicted octanol–water partition coefficient (Wildman–Crippen LogP) is 0.588. The molecule has 4 heteroatoms. The van der Waals surface area contributed by atoms with Crippen molar-refractivity contribution in [2.24, 2.45) is 0 Å². The molecule has 0 saturated heterocycles. The summed E-state index contributed by atoms with van der Waals surface area (Å²) in [5.74, 6) is 0.722. The number of H-pyrrole nitrogens is 1. The van der Waals surface area contributed by atoms with Crippen LogP contribution in [0.2, 0.25) is 0 Å². The van der Waals surface area contributed by atoms with Crippen molar-refractivity contribution < 1.29 is 9.90 Å².